The summed E-state index contributed by atoms with van der Waals surface area (Å²) in [6.07, 6.45) is 0. The highest BCUT2D eigenvalue weighted by molar-refractivity contribution is 7.80. The molecule has 2 rings (SSSR count). The van der Waals surface area contributed by atoms with E-state index in [9.17, 15) is 0 Å². The highest BCUT2D eigenvalue weighted by Gasteiger charge is 2.04. The van der Waals surface area contributed by atoms with Crippen LogP contribution in [0.3, 0.4) is 0 Å². The minimum atomic E-state index is 0.498. The number of aryl methyl sites for hydroxylation is 2. The maximum atomic E-state index is 5.28. The van der Waals surface area contributed by atoms with E-state index in [-0.39, 0.29) is 0 Å². The first kappa shape index (κ1) is 14.7. The Hall–Kier alpha value is -1.72. The number of thiophene rings is 1. The smallest absolute Gasteiger partial charge is 0.191 e. The van der Waals surface area contributed by atoms with Crippen molar-refractivity contribution in [3.8, 4) is 0 Å². The van der Waals surface area contributed by atoms with Gasteiger partial charge in [0.15, 0.2) is 5.11 Å². The van der Waals surface area contributed by atoms with E-state index in [1.54, 1.807) is 11.3 Å². The van der Waals surface area contributed by atoms with Gasteiger partial charge < -0.3 is 5.32 Å². The van der Waals surface area contributed by atoms with Crippen LogP contribution in [0.25, 0.3) is 0 Å². The maximum absolute atomic E-state index is 5.28. The van der Waals surface area contributed by atoms with Crippen molar-refractivity contribution < 1.29 is 0 Å². The highest BCUT2D eigenvalue weighted by atomic mass is 32.1. The van der Waals surface area contributed by atoms with E-state index in [0.717, 1.165) is 27.4 Å². The van der Waals surface area contributed by atoms with Gasteiger partial charge in [0.1, 0.15) is 0 Å². The highest BCUT2D eigenvalue weighted by Crippen LogP contribution is 2.19. The Morgan fingerprint density at radius 1 is 1.15 bits per heavy atom. The summed E-state index contributed by atoms with van der Waals surface area (Å²) in [5, 5.41) is 10.0. The van der Waals surface area contributed by atoms with Crippen LogP contribution in [-0.4, -0.2) is 10.8 Å². The van der Waals surface area contributed by atoms with Crippen molar-refractivity contribution in [1.29, 1.82) is 0 Å². The van der Waals surface area contributed by atoms with Crippen molar-refractivity contribution in [3.05, 3.63) is 51.7 Å². The maximum Gasteiger partial charge on any atom is 0.191 e. The van der Waals surface area contributed by atoms with Gasteiger partial charge in [0, 0.05) is 10.6 Å². The normalized spacial score (nSPS) is 11.2. The Balaban J connectivity index is 2.01. The van der Waals surface area contributed by atoms with E-state index in [4.69, 9.17) is 12.2 Å². The molecule has 0 fully saturated rings. The van der Waals surface area contributed by atoms with Crippen molar-refractivity contribution in [3.63, 3.8) is 0 Å². The van der Waals surface area contributed by atoms with E-state index in [1.807, 2.05) is 30.5 Å². The SMILES string of the molecule is C/C(=N/NC(=S)Nc1c(C)cccc1C)c1cccs1. The Kier molecular flexibility index (Phi) is 4.87. The van der Waals surface area contributed by atoms with Crippen LogP contribution in [0.15, 0.2) is 40.8 Å². The van der Waals surface area contributed by atoms with E-state index < -0.39 is 0 Å². The van der Waals surface area contributed by atoms with Crippen LogP contribution in [0, 0.1) is 13.8 Å². The standard InChI is InChI=1S/C15H17N3S2/c1-10-6-4-7-11(2)14(10)16-15(19)18-17-12(3)13-8-5-9-20-13/h4-9H,1-3H3,(H2,16,18,19)/b17-12-. The fourth-order valence-electron chi connectivity index (χ4n) is 1.83. The minimum absolute atomic E-state index is 0.498. The Morgan fingerprint density at radius 3 is 2.45 bits per heavy atom. The Bertz CT molecular complexity index is 610. The number of rotatable bonds is 3. The van der Waals surface area contributed by atoms with Crippen LogP contribution in [0.4, 0.5) is 5.69 Å². The summed E-state index contributed by atoms with van der Waals surface area (Å²) in [5.74, 6) is 0. The number of thiocarbonyl (C=S) groups is 1. The van der Waals surface area contributed by atoms with E-state index >= 15 is 0 Å². The predicted molar refractivity (Wildman–Crippen MR) is 91.8 cm³/mol. The zero-order valence-electron chi connectivity index (χ0n) is 11.7. The summed E-state index contributed by atoms with van der Waals surface area (Å²) in [5.41, 5.74) is 7.17. The molecule has 1 aromatic heterocycles. The van der Waals surface area contributed by atoms with Gasteiger partial charge in [-0.2, -0.15) is 5.10 Å². The molecule has 104 valence electrons. The van der Waals surface area contributed by atoms with Gasteiger partial charge in [-0.25, -0.2) is 0 Å². The molecule has 0 spiro atoms. The van der Waals surface area contributed by atoms with Crippen molar-refractivity contribution in [2.75, 3.05) is 5.32 Å². The molecule has 5 heteroatoms. The van der Waals surface area contributed by atoms with Gasteiger partial charge in [-0.3, -0.25) is 5.43 Å². The number of hydrogen-bond acceptors (Lipinski definition) is 3. The number of hydrogen-bond donors (Lipinski definition) is 2. The lowest BCUT2D eigenvalue weighted by atomic mass is 10.1. The summed E-state index contributed by atoms with van der Waals surface area (Å²) < 4.78 is 0. The number of nitrogens with zero attached hydrogens (tertiary/aromatic N) is 1. The third-order valence-corrected chi connectivity index (χ3v) is 4.09. The van der Waals surface area contributed by atoms with Crippen LogP contribution >= 0.6 is 23.6 Å². The second-order valence-corrected chi connectivity index (χ2v) is 5.86. The monoisotopic (exact) mass is 303 g/mol. The molecule has 0 bridgehead atoms. The molecule has 0 aliphatic carbocycles. The van der Waals surface area contributed by atoms with Crippen LogP contribution in [0.1, 0.15) is 22.9 Å². The zero-order chi connectivity index (χ0) is 14.5. The average molecular weight is 303 g/mol. The van der Waals surface area contributed by atoms with Gasteiger partial charge >= 0.3 is 0 Å². The fraction of sp³-hybridized carbons (Fsp3) is 0.200. The van der Waals surface area contributed by atoms with Gasteiger partial charge in [-0.05, 0) is 55.6 Å². The van der Waals surface area contributed by atoms with Crippen molar-refractivity contribution in [2.45, 2.75) is 20.8 Å². The molecule has 1 heterocycles. The quantitative estimate of drug-likeness (QED) is 0.510. The number of nitrogens with one attached hydrogen (secondary N) is 2. The number of hydrazone groups is 1. The van der Waals surface area contributed by atoms with Gasteiger partial charge in [-0.1, -0.05) is 24.3 Å². The van der Waals surface area contributed by atoms with Gasteiger partial charge in [0.2, 0.25) is 0 Å². The molecule has 0 amide bonds. The third kappa shape index (κ3) is 3.65. The number of benzene rings is 1. The van der Waals surface area contributed by atoms with Gasteiger partial charge in [0.25, 0.3) is 0 Å². The van der Waals surface area contributed by atoms with Crippen molar-refractivity contribution in [1.82, 2.24) is 5.43 Å². The van der Waals surface area contributed by atoms with Crippen molar-refractivity contribution >= 4 is 40.1 Å². The molecule has 0 atom stereocenters. The lowest BCUT2D eigenvalue weighted by Crippen LogP contribution is -2.25. The summed E-state index contributed by atoms with van der Waals surface area (Å²) in [6, 6.07) is 10.2. The first-order valence-electron chi connectivity index (χ1n) is 6.29. The third-order valence-electron chi connectivity index (χ3n) is 2.92. The van der Waals surface area contributed by atoms with Crippen LogP contribution in [-0.2, 0) is 0 Å². The van der Waals surface area contributed by atoms with Crippen LogP contribution < -0.4 is 10.7 Å². The molecule has 3 nitrogen and oxygen atoms in total. The summed E-state index contributed by atoms with van der Waals surface area (Å²) in [7, 11) is 0. The lowest BCUT2D eigenvalue weighted by Gasteiger charge is -2.12. The van der Waals surface area contributed by atoms with Crippen molar-refractivity contribution in [2.24, 2.45) is 5.10 Å². The molecule has 0 radical (unpaired) electrons. The second-order valence-electron chi connectivity index (χ2n) is 4.51. The lowest BCUT2D eigenvalue weighted by molar-refractivity contribution is 1.04. The van der Waals surface area contributed by atoms with Crippen LogP contribution in [0.2, 0.25) is 0 Å². The molecule has 20 heavy (non-hydrogen) atoms. The zero-order valence-corrected chi connectivity index (χ0v) is 13.4. The topological polar surface area (TPSA) is 36.4 Å². The van der Waals surface area contributed by atoms with Crippen LogP contribution in [0.5, 0.6) is 0 Å². The Labute approximate surface area is 128 Å². The number of para-hydroxylation sites is 1. The fourth-order valence-corrected chi connectivity index (χ4v) is 2.65. The molecule has 0 aliphatic rings. The summed E-state index contributed by atoms with van der Waals surface area (Å²) >= 11 is 6.93. The molecule has 0 saturated carbocycles. The second kappa shape index (κ2) is 6.63. The van der Waals surface area contributed by atoms with E-state index in [2.05, 4.69) is 41.8 Å². The molecular formula is C15H17N3S2. The van der Waals surface area contributed by atoms with Gasteiger partial charge in [0.05, 0.1) is 5.71 Å². The largest absolute Gasteiger partial charge is 0.331 e. The number of anilines is 1. The molecule has 0 saturated heterocycles. The summed E-state index contributed by atoms with van der Waals surface area (Å²) in [6.45, 7) is 6.07. The summed E-state index contributed by atoms with van der Waals surface area (Å²) in [4.78, 5) is 1.13. The molecular weight excluding hydrogens is 286 g/mol. The van der Waals surface area contributed by atoms with E-state index in [0.29, 0.717) is 5.11 Å². The first-order valence-corrected chi connectivity index (χ1v) is 7.58. The molecule has 1 aromatic carbocycles. The van der Waals surface area contributed by atoms with E-state index in [1.165, 1.54) is 0 Å². The molecule has 0 unspecified atom stereocenters. The van der Waals surface area contributed by atoms with Gasteiger partial charge in [-0.15, -0.1) is 11.3 Å². The first-order chi connectivity index (χ1) is 9.58. The molecule has 2 N–H and O–H groups in total. The predicted octanol–water partition coefficient (Wildman–Crippen LogP) is 4.08. The Morgan fingerprint density at radius 2 is 1.85 bits per heavy atom. The molecule has 2 aromatic rings. The molecule has 0 aliphatic heterocycles. The minimum Gasteiger partial charge on any atom is -0.331 e. The average Bonchev–Trinajstić information content (AvgIpc) is 2.94.